The van der Waals surface area contributed by atoms with Gasteiger partial charge >= 0.3 is 0 Å². The number of anilines is 2. The molecule has 0 fully saturated rings. The summed E-state index contributed by atoms with van der Waals surface area (Å²) in [5.41, 5.74) is 6.09. The van der Waals surface area contributed by atoms with E-state index < -0.39 is 0 Å². The third-order valence-electron chi connectivity index (χ3n) is 4.99. The Morgan fingerprint density at radius 3 is 2.32 bits per heavy atom. The molecule has 0 spiro atoms. The van der Waals surface area contributed by atoms with E-state index in [4.69, 9.17) is 0 Å². The van der Waals surface area contributed by atoms with Crippen molar-refractivity contribution in [1.29, 1.82) is 0 Å². The topological polar surface area (TPSA) is 3.24 Å². The second-order valence-corrected chi connectivity index (χ2v) is 6.87. The minimum Gasteiger partial charge on any atom is -0.345 e. The molecule has 0 aliphatic rings. The van der Waals surface area contributed by atoms with Gasteiger partial charge in [0.25, 0.3) is 0 Å². The summed E-state index contributed by atoms with van der Waals surface area (Å²) in [6, 6.07) is 17.1. The van der Waals surface area contributed by atoms with Crippen LogP contribution in [-0.2, 0) is 5.41 Å². The van der Waals surface area contributed by atoms with Gasteiger partial charge in [-0.3, -0.25) is 0 Å². The monoisotopic (exact) mass is 331 g/mol. The maximum atomic E-state index is 4.01. The van der Waals surface area contributed by atoms with E-state index in [1.165, 1.54) is 28.1 Å². The van der Waals surface area contributed by atoms with Gasteiger partial charge in [-0.05, 0) is 49.2 Å². The standard InChI is InChI=1S/C24H29N/c1-7-9-13-19(3)24(4,5)23-18-22(17-16-20(23)8-2)25(6)21-14-11-10-12-15-21/h7-18H,2H2,1,3-6H3/b9-7-,19-13+. The van der Waals surface area contributed by atoms with Crippen LogP contribution in [0.2, 0.25) is 0 Å². The summed E-state index contributed by atoms with van der Waals surface area (Å²) in [6.07, 6.45) is 8.31. The van der Waals surface area contributed by atoms with Crippen LogP contribution in [0.25, 0.3) is 6.08 Å². The average Bonchev–Trinajstić information content (AvgIpc) is 2.65. The van der Waals surface area contributed by atoms with Crippen molar-refractivity contribution in [3.63, 3.8) is 0 Å². The molecule has 0 saturated carbocycles. The van der Waals surface area contributed by atoms with Gasteiger partial charge in [0.05, 0.1) is 0 Å². The first-order chi connectivity index (χ1) is 11.9. The molecule has 1 heteroatoms. The van der Waals surface area contributed by atoms with E-state index in [2.05, 4.69) is 100.0 Å². The third-order valence-corrected chi connectivity index (χ3v) is 4.99. The molecule has 0 saturated heterocycles. The average molecular weight is 332 g/mol. The predicted octanol–water partition coefficient (Wildman–Crippen LogP) is 6.90. The lowest BCUT2D eigenvalue weighted by Crippen LogP contribution is -2.21. The van der Waals surface area contributed by atoms with Gasteiger partial charge in [0.2, 0.25) is 0 Å². The second-order valence-electron chi connectivity index (χ2n) is 6.87. The Bertz CT molecular complexity index is 779. The zero-order valence-electron chi connectivity index (χ0n) is 16.1. The number of allylic oxidation sites excluding steroid dienone is 4. The SMILES string of the molecule is C=Cc1ccc(N(C)c2ccccc2)cc1C(C)(C)/C(C)=C/C=C\C. The summed E-state index contributed by atoms with van der Waals surface area (Å²) in [5.74, 6) is 0. The van der Waals surface area contributed by atoms with E-state index in [-0.39, 0.29) is 5.41 Å². The summed E-state index contributed by atoms with van der Waals surface area (Å²) >= 11 is 0. The predicted molar refractivity (Wildman–Crippen MR) is 113 cm³/mol. The molecule has 0 heterocycles. The van der Waals surface area contributed by atoms with Gasteiger partial charge in [-0.1, -0.05) is 74.6 Å². The fourth-order valence-corrected chi connectivity index (χ4v) is 2.93. The lowest BCUT2D eigenvalue weighted by Gasteiger charge is -2.30. The Hall–Kier alpha value is -2.54. The van der Waals surface area contributed by atoms with Crippen LogP contribution in [-0.4, -0.2) is 7.05 Å². The van der Waals surface area contributed by atoms with Crippen molar-refractivity contribution >= 4 is 17.5 Å². The van der Waals surface area contributed by atoms with Crippen LogP contribution in [0.15, 0.2) is 78.9 Å². The lowest BCUT2D eigenvalue weighted by molar-refractivity contribution is 0.622. The first kappa shape index (κ1) is 18.8. The normalized spacial score (nSPS) is 12.4. The van der Waals surface area contributed by atoms with Crippen molar-refractivity contribution in [2.45, 2.75) is 33.1 Å². The molecule has 25 heavy (non-hydrogen) atoms. The number of nitrogens with zero attached hydrogens (tertiary/aromatic N) is 1. The Morgan fingerprint density at radius 2 is 1.72 bits per heavy atom. The zero-order chi connectivity index (χ0) is 18.4. The smallest absolute Gasteiger partial charge is 0.0411 e. The fraction of sp³-hybridized carbons (Fsp3) is 0.250. The van der Waals surface area contributed by atoms with E-state index in [1.807, 2.05) is 19.1 Å². The number of para-hydroxylation sites is 1. The summed E-state index contributed by atoms with van der Waals surface area (Å²) < 4.78 is 0. The van der Waals surface area contributed by atoms with E-state index in [0.29, 0.717) is 0 Å². The Kier molecular flexibility index (Phi) is 6.03. The molecule has 0 unspecified atom stereocenters. The Labute approximate surface area is 153 Å². The van der Waals surface area contributed by atoms with Gasteiger partial charge in [0.1, 0.15) is 0 Å². The van der Waals surface area contributed by atoms with E-state index >= 15 is 0 Å². The number of rotatable bonds is 6. The van der Waals surface area contributed by atoms with Gasteiger partial charge in [-0.25, -0.2) is 0 Å². The van der Waals surface area contributed by atoms with Crippen molar-refractivity contribution in [2.24, 2.45) is 0 Å². The molecule has 1 nitrogen and oxygen atoms in total. The molecule has 2 aromatic rings. The maximum absolute atomic E-state index is 4.01. The molecule has 0 radical (unpaired) electrons. The molecule has 0 bridgehead atoms. The van der Waals surface area contributed by atoms with Gasteiger partial charge in [-0.15, -0.1) is 0 Å². The van der Waals surface area contributed by atoms with E-state index in [0.717, 1.165) is 0 Å². The van der Waals surface area contributed by atoms with Gasteiger partial charge < -0.3 is 4.90 Å². The van der Waals surface area contributed by atoms with Crippen molar-refractivity contribution in [1.82, 2.24) is 0 Å². The summed E-state index contributed by atoms with van der Waals surface area (Å²) in [4.78, 5) is 2.22. The molecule has 0 atom stereocenters. The molecule has 0 aromatic heterocycles. The van der Waals surface area contributed by atoms with Crippen molar-refractivity contribution in [3.8, 4) is 0 Å². The van der Waals surface area contributed by atoms with Gasteiger partial charge in [-0.2, -0.15) is 0 Å². The largest absolute Gasteiger partial charge is 0.345 e. The highest BCUT2D eigenvalue weighted by atomic mass is 15.1. The molecule has 2 rings (SSSR count). The highest BCUT2D eigenvalue weighted by molar-refractivity contribution is 5.68. The zero-order valence-corrected chi connectivity index (χ0v) is 16.1. The highest BCUT2D eigenvalue weighted by Gasteiger charge is 2.25. The van der Waals surface area contributed by atoms with Crippen LogP contribution in [0, 0.1) is 0 Å². The Balaban J connectivity index is 2.52. The van der Waals surface area contributed by atoms with Crippen molar-refractivity contribution in [3.05, 3.63) is 90.0 Å². The minimum atomic E-state index is -0.0728. The number of benzene rings is 2. The van der Waals surface area contributed by atoms with Gasteiger partial charge in [0, 0.05) is 23.8 Å². The summed E-state index contributed by atoms with van der Waals surface area (Å²) in [5, 5.41) is 0. The van der Waals surface area contributed by atoms with E-state index in [9.17, 15) is 0 Å². The van der Waals surface area contributed by atoms with Crippen LogP contribution in [0.3, 0.4) is 0 Å². The molecular formula is C24H29N. The molecule has 0 amide bonds. The van der Waals surface area contributed by atoms with Crippen LogP contribution < -0.4 is 4.90 Å². The summed E-state index contributed by atoms with van der Waals surface area (Å²) in [7, 11) is 2.11. The van der Waals surface area contributed by atoms with Crippen molar-refractivity contribution in [2.75, 3.05) is 11.9 Å². The van der Waals surface area contributed by atoms with Crippen molar-refractivity contribution < 1.29 is 0 Å². The van der Waals surface area contributed by atoms with E-state index in [1.54, 1.807) is 0 Å². The molecule has 0 N–H and O–H groups in total. The molecule has 2 aromatic carbocycles. The third kappa shape index (κ3) is 4.11. The first-order valence-electron chi connectivity index (χ1n) is 8.77. The molecule has 0 aliphatic carbocycles. The molecule has 0 aliphatic heterocycles. The number of hydrogen-bond donors (Lipinski definition) is 0. The lowest BCUT2D eigenvalue weighted by atomic mass is 9.75. The maximum Gasteiger partial charge on any atom is 0.0411 e. The minimum absolute atomic E-state index is 0.0728. The number of hydrogen-bond acceptors (Lipinski definition) is 1. The second kappa shape index (κ2) is 8.02. The Morgan fingerprint density at radius 1 is 1.04 bits per heavy atom. The fourth-order valence-electron chi connectivity index (χ4n) is 2.93. The highest BCUT2D eigenvalue weighted by Crippen LogP contribution is 2.37. The van der Waals surface area contributed by atoms with Crippen LogP contribution >= 0.6 is 0 Å². The summed E-state index contributed by atoms with van der Waals surface area (Å²) in [6.45, 7) is 12.8. The quantitative estimate of drug-likeness (QED) is 0.520. The van der Waals surface area contributed by atoms with Gasteiger partial charge in [0.15, 0.2) is 0 Å². The molecule has 130 valence electrons. The van der Waals surface area contributed by atoms with Crippen LogP contribution in [0.5, 0.6) is 0 Å². The molecular weight excluding hydrogens is 302 g/mol. The van der Waals surface area contributed by atoms with Crippen LogP contribution in [0.4, 0.5) is 11.4 Å². The first-order valence-corrected chi connectivity index (χ1v) is 8.77. The van der Waals surface area contributed by atoms with Crippen LogP contribution in [0.1, 0.15) is 38.8 Å².